The van der Waals surface area contributed by atoms with Crippen LogP contribution in [0.3, 0.4) is 0 Å². The largest absolute Gasteiger partial charge is 0.357 e. The highest BCUT2D eigenvalue weighted by atomic mass is 15.2. The fraction of sp³-hybridized carbons (Fsp3) is 0.190. The molecule has 0 aliphatic heterocycles. The van der Waals surface area contributed by atoms with Gasteiger partial charge in [0.25, 0.3) is 0 Å². The molecule has 0 bridgehead atoms. The smallest absolute Gasteiger partial charge is 0.102 e. The van der Waals surface area contributed by atoms with Gasteiger partial charge in [0, 0.05) is 18.8 Å². The maximum absolute atomic E-state index is 4.78. The standard InChI is InChI=1S/C21H23N5/c1-15(17-8-6-5-7-9-17)26(4)16(2)25-20-11-10-18(12-21(20)22-3)19-13-23-24-14-19/h5-15H,3H2,1-2,4H3,(H,23,24)/t15-/m1/s1. The van der Waals surface area contributed by atoms with Gasteiger partial charge in [0.15, 0.2) is 0 Å². The van der Waals surface area contributed by atoms with Crippen LogP contribution in [0, 0.1) is 0 Å². The summed E-state index contributed by atoms with van der Waals surface area (Å²) in [5.41, 5.74) is 4.85. The van der Waals surface area contributed by atoms with Gasteiger partial charge in [-0.1, -0.05) is 36.4 Å². The fourth-order valence-electron chi connectivity index (χ4n) is 2.82. The minimum Gasteiger partial charge on any atom is -0.357 e. The molecule has 3 rings (SSSR count). The molecule has 0 spiro atoms. The lowest BCUT2D eigenvalue weighted by atomic mass is 10.1. The van der Waals surface area contributed by atoms with Crippen LogP contribution >= 0.6 is 0 Å². The van der Waals surface area contributed by atoms with Crippen molar-refractivity contribution >= 4 is 23.9 Å². The van der Waals surface area contributed by atoms with E-state index < -0.39 is 0 Å². The second-order valence-corrected chi connectivity index (χ2v) is 6.21. The summed E-state index contributed by atoms with van der Waals surface area (Å²) in [5.74, 6) is 0.919. The highest BCUT2D eigenvalue weighted by Crippen LogP contribution is 2.33. The van der Waals surface area contributed by atoms with Crippen molar-refractivity contribution in [3.63, 3.8) is 0 Å². The number of amidine groups is 1. The first kappa shape index (κ1) is 17.6. The summed E-state index contributed by atoms with van der Waals surface area (Å²) in [6.45, 7) is 7.87. The zero-order valence-corrected chi connectivity index (χ0v) is 15.3. The first-order chi connectivity index (χ1) is 12.6. The van der Waals surface area contributed by atoms with E-state index >= 15 is 0 Å². The fourth-order valence-corrected chi connectivity index (χ4v) is 2.82. The SMILES string of the molecule is C=Nc1cc(-c2cn[nH]c2)ccc1N=C(C)N(C)[C@H](C)c1ccccc1. The van der Waals surface area contributed by atoms with Gasteiger partial charge in [-0.05, 0) is 43.8 Å². The Morgan fingerprint density at radius 1 is 1.12 bits per heavy atom. The van der Waals surface area contributed by atoms with Gasteiger partial charge < -0.3 is 4.90 Å². The van der Waals surface area contributed by atoms with Crippen molar-refractivity contribution in [1.82, 2.24) is 15.1 Å². The number of aliphatic imine (C=N–C) groups is 2. The first-order valence-corrected chi connectivity index (χ1v) is 8.53. The number of hydrogen-bond donors (Lipinski definition) is 1. The van der Waals surface area contributed by atoms with Crippen LogP contribution in [-0.4, -0.2) is 34.7 Å². The molecule has 1 aromatic heterocycles. The highest BCUT2D eigenvalue weighted by molar-refractivity contribution is 5.86. The molecule has 1 N–H and O–H groups in total. The predicted octanol–water partition coefficient (Wildman–Crippen LogP) is 5.15. The van der Waals surface area contributed by atoms with Crippen LogP contribution < -0.4 is 0 Å². The molecule has 0 radical (unpaired) electrons. The Morgan fingerprint density at radius 3 is 2.54 bits per heavy atom. The Bertz CT molecular complexity index is 897. The molecule has 1 atom stereocenters. The number of H-pyrrole nitrogens is 1. The molecule has 26 heavy (non-hydrogen) atoms. The maximum Gasteiger partial charge on any atom is 0.102 e. The maximum atomic E-state index is 4.78. The lowest BCUT2D eigenvalue weighted by Crippen LogP contribution is -2.27. The van der Waals surface area contributed by atoms with E-state index in [0.29, 0.717) is 0 Å². The third kappa shape index (κ3) is 3.72. The second-order valence-electron chi connectivity index (χ2n) is 6.21. The topological polar surface area (TPSA) is 56.6 Å². The van der Waals surface area contributed by atoms with Crippen LogP contribution in [0.15, 0.2) is 70.9 Å². The third-order valence-corrected chi connectivity index (χ3v) is 4.63. The van der Waals surface area contributed by atoms with Gasteiger partial charge in [0.05, 0.1) is 23.6 Å². The minimum absolute atomic E-state index is 0.227. The predicted molar refractivity (Wildman–Crippen MR) is 109 cm³/mol. The average Bonchev–Trinajstić information content (AvgIpc) is 3.22. The lowest BCUT2D eigenvalue weighted by molar-refractivity contribution is 0.400. The van der Waals surface area contributed by atoms with E-state index in [-0.39, 0.29) is 6.04 Å². The minimum atomic E-state index is 0.227. The van der Waals surface area contributed by atoms with Crippen molar-refractivity contribution in [3.05, 3.63) is 66.5 Å². The van der Waals surface area contributed by atoms with E-state index in [1.165, 1.54) is 5.56 Å². The van der Waals surface area contributed by atoms with E-state index in [0.717, 1.165) is 28.3 Å². The molecule has 0 aliphatic carbocycles. The second kappa shape index (κ2) is 7.78. The van der Waals surface area contributed by atoms with Gasteiger partial charge in [-0.15, -0.1) is 0 Å². The molecule has 0 aliphatic rings. The third-order valence-electron chi connectivity index (χ3n) is 4.63. The Hall–Kier alpha value is -3.21. The molecular weight excluding hydrogens is 322 g/mol. The normalized spacial score (nSPS) is 12.7. The van der Waals surface area contributed by atoms with Crippen molar-refractivity contribution in [2.24, 2.45) is 9.98 Å². The molecule has 0 amide bonds. The number of rotatable bonds is 5. The molecule has 0 saturated heterocycles. The molecule has 0 fully saturated rings. The van der Waals surface area contributed by atoms with Crippen LogP contribution in [0.5, 0.6) is 0 Å². The average molecular weight is 345 g/mol. The van der Waals surface area contributed by atoms with Gasteiger partial charge in [-0.2, -0.15) is 5.10 Å². The number of benzene rings is 2. The van der Waals surface area contributed by atoms with E-state index in [2.05, 4.69) is 65.0 Å². The number of nitrogens with one attached hydrogen (secondary N) is 1. The van der Waals surface area contributed by atoms with Gasteiger partial charge in [-0.3, -0.25) is 10.1 Å². The summed E-state index contributed by atoms with van der Waals surface area (Å²) in [6.07, 6.45) is 3.64. The Kier molecular flexibility index (Phi) is 5.27. The summed E-state index contributed by atoms with van der Waals surface area (Å²) in [7, 11) is 2.05. The summed E-state index contributed by atoms with van der Waals surface area (Å²) in [5, 5.41) is 6.82. The summed E-state index contributed by atoms with van der Waals surface area (Å²) in [6, 6.07) is 16.6. The van der Waals surface area contributed by atoms with Gasteiger partial charge in [0.2, 0.25) is 0 Å². The van der Waals surface area contributed by atoms with Crippen molar-refractivity contribution in [3.8, 4) is 11.1 Å². The zero-order valence-electron chi connectivity index (χ0n) is 15.3. The van der Waals surface area contributed by atoms with E-state index in [9.17, 15) is 0 Å². The van der Waals surface area contributed by atoms with Crippen molar-refractivity contribution in [1.29, 1.82) is 0 Å². The molecule has 5 heteroatoms. The first-order valence-electron chi connectivity index (χ1n) is 8.53. The Morgan fingerprint density at radius 2 is 1.88 bits per heavy atom. The van der Waals surface area contributed by atoms with Crippen molar-refractivity contribution < 1.29 is 0 Å². The van der Waals surface area contributed by atoms with Gasteiger partial charge >= 0.3 is 0 Å². The molecule has 2 aromatic carbocycles. The molecule has 132 valence electrons. The Balaban J connectivity index is 1.87. The zero-order chi connectivity index (χ0) is 18.5. The van der Waals surface area contributed by atoms with Gasteiger partial charge in [-0.25, -0.2) is 4.99 Å². The number of aromatic nitrogens is 2. The number of hydrogen-bond acceptors (Lipinski definition) is 3. The van der Waals surface area contributed by atoms with Gasteiger partial charge in [0.1, 0.15) is 5.84 Å². The van der Waals surface area contributed by atoms with E-state index in [4.69, 9.17) is 4.99 Å². The summed E-state index contributed by atoms with van der Waals surface area (Å²) in [4.78, 5) is 11.1. The molecule has 0 saturated carbocycles. The van der Waals surface area contributed by atoms with E-state index in [1.54, 1.807) is 6.20 Å². The quantitative estimate of drug-likeness (QED) is 0.513. The summed E-state index contributed by atoms with van der Waals surface area (Å²) >= 11 is 0. The van der Waals surface area contributed by atoms with E-state index in [1.807, 2.05) is 37.4 Å². The molecule has 5 nitrogen and oxygen atoms in total. The van der Waals surface area contributed by atoms with Crippen molar-refractivity contribution in [2.45, 2.75) is 19.9 Å². The van der Waals surface area contributed by atoms with Crippen LogP contribution in [0.4, 0.5) is 11.4 Å². The van der Waals surface area contributed by atoms with Crippen LogP contribution in [0.1, 0.15) is 25.5 Å². The molecular formula is C21H23N5. The molecule has 0 unspecified atom stereocenters. The number of nitrogens with zero attached hydrogens (tertiary/aromatic N) is 4. The lowest BCUT2D eigenvalue weighted by Gasteiger charge is -2.27. The number of aromatic amines is 1. The molecule has 3 aromatic rings. The Labute approximate surface area is 154 Å². The molecule has 1 heterocycles. The van der Waals surface area contributed by atoms with Crippen molar-refractivity contribution in [2.75, 3.05) is 7.05 Å². The van der Waals surface area contributed by atoms with Crippen LogP contribution in [0.2, 0.25) is 0 Å². The van der Waals surface area contributed by atoms with Crippen LogP contribution in [-0.2, 0) is 0 Å². The monoisotopic (exact) mass is 345 g/mol. The highest BCUT2D eigenvalue weighted by Gasteiger charge is 2.13. The van der Waals surface area contributed by atoms with Crippen LogP contribution in [0.25, 0.3) is 11.1 Å². The summed E-state index contributed by atoms with van der Waals surface area (Å²) < 4.78 is 0.